The van der Waals surface area contributed by atoms with Crippen molar-refractivity contribution in [3.8, 4) is 10.6 Å². The average molecular weight is 399 g/mol. The molecule has 1 N–H and O–H groups in total. The molecule has 11 nitrogen and oxygen atoms in total. The Bertz CT molecular complexity index is 1080. The van der Waals surface area contributed by atoms with Crippen LogP contribution in [0.5, 0.6) is 0 Å². The van der Waals surface area contributed by atoms with Crippen LogP contribution in [0.15, 0.2) is 48.5 Å². The van der Waals surface area contributed by atoms with E-state index in [1.807, 2.05) is 0 Å². The minimum atomic E-state index is -0.972. The van der Waals surface area contributed by atoms with Gasteiger partial charge in [-0.2, -0.15) is 0 Å². The third-order valence-electron chi connectivity index (χ3n) is 3.52. The molecule has 140 valence electrons. The first kappa shape index (κ1) is 18.7. The monoisotopic (exact) mass is 399 g/mol. The molecule has 1 heterocycles. The molecule has 1 amide bonds. The minimum absolute atomic E-state index is 0.0109. The maximum absolute atomic E-state index is 12.1. The van der Waals surface area contributed by atoms with Gasteiger partial charge in [-0.05, 0) is 24.3 Å². The predicted octanol–water partition coefficient (Wildman–Crippen LogP) is 2.84. The summed E-state index contributed by atoms with van der Waals surface area (Å²) >= 11 is 0.982. The highest BCUT2D eigenvalue weighted by atomic mass is 32.1. The van der Waals surface area contributed by atoms with E-state index in [1.54, 1.807) is 0 Å². The molecule has 0 unspecified atom stereocenters. The van der Waals surface area contributed by atoms with Gasteiger partial charge in [-0.15, -0.1) is 10.2 Å². The molecule has 0 radical (unpaired) electrons. The Morgan fingerprint density at radius 1 is 0.857 bits per heavy atom. The van der Waals surface area contributed by atoms with Gasteiger partial charge in [-0.25, -0.2) is 0 Å². The van der Waals surface area contributed by atoms with E-state index in [4.69, 9.17) is 0 Å². The Kier molecular flexibility index (Phi) is 5.13. The predicted molar refractivity (Wildman–Crippen MR) is 98.1 cm³/mol. The summed E-state index contributed by atoms with van der Waals surface area (Å²) in [7, 11) is 0. The van der Waals surface area contributed by atoms with E-state index in [9.17, 15) is 29.8 Å². The summed E-state index contributed by atoms with van der Waals surface area (Å²) in [6.45, 7) is 0. The van der Waals surface area contributed by atoms with E-state index in [-0.39, 0.29) is 22.1 Å². The number of hydrogen-bond donors (Lipinski definition) is 1. The van der Waals surface area contributed by atoms with Crippen LogP contribution >= 0.6 is 11.3 Å². The zero-order chi connectivity index (χ0) is 20.3. The number of carbonyl (C=O) groups is 2. The lowest BCUT2D eigenvalue weighted by atomic mass is 10.1. The number of nitrogens with one attached hydrogen (secondary N) is 1. The molecule has 0 fully saturated rings. The second-order valence-electron chi connectivity index (χ2n) is 5.30. The second-order valence-corrected chi connectivity index (χ2v) is 6.28. The summed E-state index contributed by atoms with van der Waals surface area (Å²) in [5.41, 5.74) is 0.276. The number of amides is 1. The number of hydrogen-bond acceptors (Lipinski definition) is 9. The second kappa shape index (κ2) is 7.67. The molecule has 12 heteroatoms. The highest BCUT2D eigenvalue weighted by Crippen LogP contribution is 2.27. The lowest BCUT2D eigenvalue weighted by Crippen LogP contribution is -2.22. The van der Waals surface area contributed by atoms with Gasteiger partial charge in [0.15, 0.2) is 0 Å². The van der Waals surface area contributed by atoms with Crippen molar-refractivity contribution >= 4 is 39.5 Å². The molecule has 3 aromatic rings. The normalized spacial score (nSPS) is 10.3. The Labute approximate surface area is 160 Å². The van der Waals surface area contributed by atoms with Crippen LogP contribution < -0.4 is 5.32 Å². The van der Waals surface area contributed by atoms with Crippen LogP contribution in [-0.4, -0.2) is 31.7 Å². The summed E-state index contributed by atoms with van der Waals surface area (Å²) in [4.78, 5) is 44.3. The summed E-state index contributed by atoms with van der Waals surface area (Å²) in [5, 5.41) is 31.7. The molecule has 3 rings (SSSR count). The van der Waals surface area contributed by atoms with Crippen LogP contribution in [-0.2, 0) is 4.79 Å². The number of nitro benzene ring substituents is 2. The zero-order valence-corrected chi connectivity index (χ0v) is 14.6. The number of carbonyl (C=O) groups excluding carboxylic acids is 2. The number of rotatable bonds is 6. The lowest BCUT2D eigenvalue weighted by molar-refractivity contribution is -0.385. The first-order chi connectivity index (χ1) is 13.3. The Morgan fingerprint density at radius 2 is 1.39 bits per heavy atom. The van der Waals surface area contributed by atoms with E-state index in [0.29, 0.717) is 10.6 Å². The molecular formula is C16H9N5O6S. The number of anilines is 1. The van der Waals surface area contributed by atoms with Crippen LogP contribution in [0.3, 0.4) is 0 Å². The van der Waals surface area contributed by atoms with Crippen molar-refractivity contribution < 1.29 is 19.4 Å². The van der Waals surface area contributed by atoms with Gasteiger partial charge >= 0.3 is 0 Å². The molecule has 0 spiro atoms. The zero-order valence-electron chi connectivity index (χ0n) is 13.8. The number of ketones is 1. The van der Waals surface area contributed by atoms with E-state index in [2.05, 4.69) is 15.5 Å². The van der Waals surface area contributed by atoms with Gasteiger partial charge in [0.1, 0.15) is 5.01 Å². The first-order valence-electron chi connectivity index (χ1n) is 7.53. The highest BCUT2D eigenvalue weighted by Gasteiger charge is 2.19. The summed E-state index contributed by atoms with van der Waals surface area (Å²) in [6.07, 6.45) is 0. The summed E-state index contributed by atoms with van der Waals surface area (Å²) in [5.74, 6) is -1.86. The third-order valence-corrected chi connectivity index (χ3v) is 4.40. The van der Waals surface area contributed by atoms with E-state index in [1.165, 1.54) is 36.4 Å². The van der Waals surface area contributed by atoms with Gasteiger partial charge < -0.3 is 0 Å². The molecule has 0 aliphatic heterocycles. The lowest BCUT2D eigenvalue weighted by Gasteiger charge is -2.00. The van der Waals surface area contributed by atoms with Gasteiger partial charge in [0.05, 0.1) is 9.85 Å². The fourth-order valence-corrected chi connectivity index (χ4v) is 2.88. The SMILES string of the molecule is O=C(Nc1nnc(-c2ccc([N+](=O)[O-])cc2)s1)C(=O)c1ccc([N+](=O)[O-])cc1. The van der Waals surface area contributed by atoms with Crippen LogP contribution in [0.25, 0.3) is 10.6 Å². The molecule has 0 saturated carbocycles. The van der Waals surface area contributed by atoms with Crippen LogP contribution in [0.2, 0.25) is 0 Å². The van der Waals surface area contributed by atoms with Crippen molar-refractivity contribution in [3.05, 3.63) is 74.3 Å². The van der Waals surface area contributed by atoms with Crippen molar-refractivity contribution in [3.63, 3.8) is 0 Å². The maximum atomic E-state index is 12.1. The smallest absolute Gasteiger partial charge is 0.293 e. The topological polar surface area (TPSA) is 158 Å². The number of Topliss-reactive ketones (excluding diaryl/α,β-unsaturated/α-hetero) is 1. The number of aromatic nitrogens is 2. The van der Waals surface area contributed by atoms with Crippen LogP contribution in [0, 0.1) is 20.2 Å². The Balaban J connectivity index is 1.70. The van der Waals surface area contributed by atoms with E-state index in [0.717, 1.165) is 23.5 Å². The molecule has 0 aliphatic rings. The van der Waals surface area contributed by atoms with Crippen LogP contribution in [0.1, 0.15) is 10.4 Å². The number of nitro groups is 2. The van der Waals surface area contributed by atoms with Crippen molar-refractivity contribution in [2.75, 3.05) is 5.32 Å². The fourth-order valence-electron chi connectivity index (χ4n) is 2.14. The van der Waals surface area contributed by atoms with E-state index >= 15 is 0 Å². The first-order valence-corrected chi connectivity index (χ1v) is 8.35. The molecule has 0 aliphatic carbocycles. The minimum Gasteiger partial charge on any atom is -0.293 e. The summed E-state index contributed by atoms with van der Waals surface area (Å²) < 4.78 is 0. The molecule has 2 aromatic carbocycles. The van der Waals surface area contributed by atoms with Gasteiger partial charge in [0, 0.05) is 35.4 Å². The van der Waals surface area contributed by atoms with E-state index < -0.39 is 21.5 Å². The largest absolute Gasteiger partial charge is 0.298 e. The van der Waals surface area contributed by atoms with Crippen molar-refractivity contribution in [1.82, 2.24) is 10.2 Å². The van der Waals surface area contributed by atoms with Crippen molar-refractivity contribution in [2.24, 2.45) is 0 Å². The molecule has 0 atom stereocenters. The molecule has 1 aromatic heterocycles. The fraction of sp³-hybridized carbons (Fsp3) is 0. The molecule has 0 bridgehead atoms. The molecular weight excluding hydrogens is 390 g/mol. The molecule has 0 saturated heterocycles. The standard InChI is InChI=1S/C16H9N5O6S/c22-13(9-1-5-11(6-2-9)20(24)25)14(23)17-16-19-18-15(28-16)10-3-7-12(8-4-10)21(26)27/h1-8H,(H,17,19,23). The third kappa shape index (κ3) is 4.02. The van der Waals surface area contributed by atoms with Gasteiger partial charge in [0.2, 0.25) is 5.13 Å². The van der Waals surface area contributed by atoms with Gasteiger partial charge in [-0.3, -0.25) is 35.1 Å². The number of benzene rings is 2. The Hall–Kier alpha value is -4.06. The van der Waals surface area contributed by atoms with Crippen molar-refractivity contribution in [1.29, 1.82) is 0 Å². The average Bonchev–Trinajstić information content (AvgIpc) is 3.16. The Morgan fingerprint density at radius 3 is 1.93 bits per heavy atom. The van der Waals surface area contributed by atoms with Crippen molar-refractivity contribution in [2.45, 2.75) is 0 Å². The number of nitrogens with zero attached hydrogens (tertiary/aromatic N) is 4. The highest BCUT2D eigenvalue weighted by molar-refractivity contribution is 7.18. The maximum Gasteiger partial charge on any atom is 0.298 e. The van der Waals surface area contributed by atoms with Gasteiger partial charge in [0.25, 0.3) is 23.1 Å². The quantitative estimate of drug-likeness (QED) is 0.287. The van der Waals surface area contributed by atoms with Crippen LogP contribution in [0.4, 0.5) is 16.5 Å². The number of non-ortho nitro benzene ring substituents is 2. The summed E-state index contributed by atoms with van der Waals surface area (Å²) in [6, 6.07) is 10.2. The van der Waals surface area contributed by atoms with Gasteiger partial charge in [-0.1, -0.05) is 11.3 Å². The molecule has 28 heavy (non-hydrogen) atoms.